The van der Waals surface area contributed by atoms with Gasteiger partial charge in [0.1, 0.15) is 6.10 Å². The number of benzene rings is 2. The highest BCUT2D eigenvalue weighted by Crippen LogP contribution is 2.29. The number of aryl methyl sites for hydroxylation is 1. The van der Waals surface area contributed by atoms with Gasteiger partial charge in [0.2, 0.25) is 5.91 Å². The van der Waals surface area contributed by atoms with Gasteiger partial charge in [0.25, 0.3) is 5.91 Å². The van der Waals surface area contributed by atoms with E-state index < -0.39 is 0 Å². The van der Waals surface area contributed by atoms with Crippen LogP contribution in [0.2, 0.25) is 0 Å². The van der Waals surface area contributed by atoms with E-state index in [9.17, 15) is 9.59 Å². The summed E-state index contributed by atoms with van der Waals surface area (Å²) in [5, 5.41) is 2.99. The first-order valence-electron chi connectivity index (χ1n) is 11.5. The van der Waals surface area contributed by atoms with Gasteiger partial charge in [0.05, 0.1) is 25.2 Å². The molecule has 3 heterocycles. The highest BCUT2D eigenvalue weighted by molar-refractivity contribution is 5.95. The average Bonchev–Trinajstić information content (AvgIpc) is 3.29. The topological polar surface area (TPSA) is 76.5 Å². The number of likely N-dealkylation sites (tertiary alicyclic amines) is 1. The van der Waals surface area contributed by atoms with Crippen molar-refractivity contribution in [3.8, 4) is 0 Å². The van der Waals surface area contributed by atoms with Gasteiger partial charge in [-0.2, -0.15) is 0 Å². The van der Waals surface area contributed by atoms with Crippen LogP contribution in [0.1, 0.15) is 46.3 Å². The Bertz CT molecular complexity index is 1130. The predicted octanol–water partition coefficient (Wildman–Crippen LogP) is 3.95. The molecular formula is C26H28N4O3. The molecule has 0 bridgehead atoms. The molecule has 1 N–H and O–H groups in total. The molecule has 3 aromatic rings. The summed E-state index contributed by atoms with van der Waals surface area (Å²) in [5.41, 5.74) is 4.37. The van der Waals surface area contributed by atoms with E-state index in [1.165, 1.54) is 0 Å². The molecule has 5 rings (SSSR count). The van der Waals surface area contributed by atoms with E-state index in [2.05, 4.69) is 22.4 Å². The fraction of sp³-hybridized carbons (Fsp3) is 0.346. The number of carbonyl (C=O) groups excluding carboxylic acids is 2. The Morgan fingerprint density at radius 1 is 1.03 bits per heavy atom. The van der Waals surface area contributed by atoms with Gasteiger partial charge in [-0.05, 0) is 37.5 Å². The summed E-state index contributed by atoms with van der Waals surface area (Å²) >= 11 is 0. The molecule has 1 fully saturated rings. The molecule has 33 heavy (non-hydrogen) atoms. The molecule has 1 saturated heterocycles. The summed E-state index contributed by atoms with van der Waals surface area (Å²) in [5.74, 6) is -0.158. The van der Waals surface area contributed by atoms with Gasteiger partial charge < -0.3 is 19.5 Å². The standard InChI is InChI=1S/C26H28N4O3/c1-18-7-9-21(10-8-18)28-25(31)20-11-13-29(14-12-20)26(32)24-22-16-33-23(15-30(22)17-27-24)19-5-3-2-4-6-19/h2-10,17,20,23H,11-16H2,1H3,(H,28,31)/t23-/m0/s1. The zero-order valence-corrected chi connectivity index (χ0v) is 18.7. The molecule has 0 saturated carbocycles. The van der Waals surface area contributed by atoms with Crippen molar-refractivity contribution in [2.45, 2.75) is 39.0 Å². The molecule has 2 aliphatic rings. The van der Waals surface area contributed by atoms with Gasteiger partial charge >= 0.3 is 0 Å². The Morgan fingerprint density at radius 2 is 1.76 bits per heavy atom. The highest BCUT2D eigenvalue weighted by Gasteiger charge is 2.32. The molecule has 0 spiro atoms. The molecule has 1 atom stereocenters. The minimum atomic E-state index is -0.0961. The number of rotatable bonds is 4. The molecule has 2 aliphatic heterocycles. The molecule has 170 valence electrons. The molecule has 2 aromatic carbocycles. The van der Waals surface area contributed by atoms with Crippen molar-refractivity contribution in [3.63, 3.8) is 0 Å². The number of nitrogens with one attached hydrogen (secondary N) is 1. The predicted molar refractivity (Wildman–Crippen MR) is 125 cm³/mol. The number of piperidine rings is 1. The van der Waals surface area contributed by atoms with Crippen LogP contribution in [-0.4, -0.2) is 39.4 Å². The first kappa shape index (κ1) is 21.4. The summed E-state index contributed by atoms with van der Waals surface area (Å²) in [6.45, 7) is 4.11. The molecule has 7 nitrogen and oxygen atoms in total. The zero-order valence-electron chi connectivity index (χ0n) is 18.7. The number of nitrogens with zero attached hydrogens (tertiary/aromatic N) is 3. The van der Waals surface area contributed by atoms with E-state index in [0.29, 0.717) is 44.8 Å². The second-order valence-corrected chi connectivity index (χ2v) is 8.82. The number of amides is 2. The Balaban J connectivity index is 1.18. The van der Waals surface area contributed by atoms with Crippen molar-refractivity contribution in [1.82, 2.24) is 14.5 Å². The van der Waals surface area contributed by atoms with Crippen molar-refractivity contribution in [3.05, 3.63) is 83.4 Å². The first-order chi connectivity index (χ1) is 16.1. The minimum Gasteiger partial charge on any atom is -0.365 e. The van der Waals surface area contributed by atoms with E-state index in [4.69, 9.17) is 4.74 Å². The van der Waals surface area contributed by atoms with Crippen LogP contribution in [0.25, 0.3) is 0 Å². The van der Waals surface area contributed by atoms with Crippen LogP contribution >= 0.6 is 0 Å². The van der Waals surface area contributed by atoms with Crippen LogP contribution in [0.4, 0.5) is 5.69 Å². The molecule has 2 amide bonds. The number of carbonyl (C=O) groups is 2. The lowest BCUT2D eigenvalue weighted by atomic mass is 9.95. The van der Waals surface area contributed by atoms with Crippen LogP contribution < -0.4 is 5.32 Å². The fourth-order valence-electron chi connectivity index (χ4n) is 4.55. The summed E-state index contributed by atoms with van der Waals surface area (Å²) in [4.78, 5) is 32.1. The van der Waals surface area contributed by atoms with E-state index >= 15 is 0 Å². The highest BCUT2D eigenvalue weighted by atomic mass is 16.5. The molecule has 7 heteroatoms. The normalized spacial score (nSPS) is 18.6. The largest absolute Gasteiger partial charge is 0.365 e. The van der Waals surface area contributed by atoms with Gasteiger partial charge in [-0.3, -0.25) is 9.59 Å². The van der Waals surface area contributed by atoms with Gasteiger partial charge in [-0.25, -0.2) is 4.98 Å². The maximum absolute atomic E-state index is 13.2. The van der Waals surface area contributed by atoms with E-state index in [0.717, 1.165) is 22.5 Å². The number of hydrogen-bond donors (Lipinski definition) is 1. The van der Waals surface area contributed by atoms with Crippen molar-refractivity contribution in [1.29, 1.82) is 0 Å². The van der Waals surface area contributed by atoms with E-state index in [-0.39, 0.29) is 23.8 Å². The molecule has 1 aromatic heterocycles. The first-order valence-corrected chi connectivity index (χ1v) is 11.5. The minimum absolute atomic E-state index is 0.0191. The second-order valence-electron chi connectivity index (χ2n) is 8.82. The number of imidazole rings is 1. The third kappa shape index (κ3) is 4.54. The number of aromatic nitrogens is 2. The molecule has 0 unspecified atom stereocenters. The average molecular weight is 445 g/mol. The smallest absolute Gasteiger partial charge is 0.274 e. The van der Waals surface area contributed by atoms with Crippen molar-refractivity contribution < 1.29 is 14.3 Å². The summed E-state index contributed by atoms with van der Waals surface area (Å²) in [6.07, 6.45) is 2.99. The maximum atomic E-state index is 13.2. The monoisotopic (exact) mass is 444 g/mol. The van der Waals surface area contributed by atoms with Gasteiger partial charge in [-0.1, -0.05) is 48.0 Å². The molecule has 0 radical (unpaired) electrons. The Morgan fingerprint density at radius 3 is 2.48 bits per heavy atom. The Labute approximate surface area is 193 Å². The van der Waals surface area contributed by atoms with Crippen LogP contribution in [0.3, 0.4) is 0 Å². The van der Waals surface area contributed by atoms with Crippen molar-refractivity contribution in [2.75, 3.05) is 18.4 Å². The third-order valence-electron chi connectivity index (χ3n) is 6.58. The van der Waals surface area contributed by atoms with Crippen LogP contribution in [-0.2, 0) is 22.7 Å². The number of fused-ring (bicyclic) bond motifs is 1. The second kappa shape index (κ2) is 9.19. The maximum Gasteiger partial charge on any atom is 0.274 e. The molecular weight excluding hydrogens is 416 g/mol. The lowest BCUT2D eigenvalue weighted by Crippen LogP contribution is -2.42. The summed E-state index contributed by atoms with van der Waals surface area (Å²) in [6, 6.07) is 17.9. The van der Waals surface area contributed by atoms with Crippen molar-refractivity contribution in [2.24, 2.45) is 5.92 Å². The van der Waals surface area contributed by atoms with Crippen LogP contribution in [0.15, 0.2) is 60.9 Å². The van der Waals surface area contributed by atoms with E-state index in [1.54, 1.807) is 6.33 Å². The van der Waals surface area contributed by atoms with Gasteiger partial charge in [0, 0.05) is 24.7 Å². The van der Waals surface area contributed by atoms with E-state index in [1.807, 2.05) is 58.9 Å². The SMILES string of the molecule is Cc1ccc(NC(=O)C2CCN(C(=O)c3ncn4c3CO[C@H](c3ccccc3)C4)CC2)cc1. The third-order valence-corrected chi connectivity index (χ3v) is 6.58. The summed E-state index contributed by atoms with van der Waals surface area (Å²) < 4.78 is 8.08. The zero-order chi connectivity index (χ0) is 22.8. The van der Waals surface area contributed by atoms with Crippen LogP contribution in [0, 0.1) is 12.8 Å². The molecule has 0 aliphatic carbocycles. The Hall–Kier alpha value is -3.45. The quantitative estimate of drug-likeness (QED) is 0.661. The lowest BCUT2D eigenvalue weighted by Gasteiger charge is -2.31. The number of ether oxygens (including phenoxy) is 1. The van der Waals surface area contributed by atoms with Crippen molar-refractivity contribution >= 4 is 17.5 Å². The number of anilines is 1. The summed E-state index contributed by atoms with van der Waals surface area (Å²) in [7, 11) is 0. The van der Waals surface area contributed by atoms with Crippen LogP contribution in [0.5, 0.6) is 0 Å². The number of hydrogen-bond acceptors (Lipinski definition) is 4. The fourth-order valence-corrected chi connectivity index (χ4v) is 4.55. The lowest BCUT2D eigenvalue weighted by molar-refractivity contribution is -0.121. The van der Waals surface area contributed by atoms with Gasteiger partial charge in [-0.15, -0.1) is 0 Å². The van der Waals surface area contributed by atoms with Gasteiger partial charge in [0.15, 0.2) is 5.69 Å². The Kier molecular flexibility index (Phi) is 5.96.